The Kier molecular flexibility index (Phi) is 9.38. The van der Waals surface area contributed by atoms with Gasteiger partial charge in [-0.25, -0.2) is 12.7 Å². The summed E-state index contributed by atoms with van der Waals surface area (Å²) in [7, 11) is -0.450. The van der Waals surface area contributed by atoms with E-state index in [0.717, 1.165) is 84.3 Å². The third-order valence-corrected chi connectivity index (χ3v) is 11.0. The Balaban J connectivity index is 1.39. The highest BCUT2D eigenvalue weighted by Gasteiger charge is 2.31. The average Bonchev–Trinajstić information content (AvgIpc) is 2.97. The highest BCUT2D eigenvalue weighted by molar-refractivity contribution is 8.00. The first-order valence-corrected chi connectivity index (χ1v) is 16.3. The van der Waals surface area contributed by atoms with Crippen molar-refractivity contribution in [1.29, 1.82) is 0 Å². The van der Waals surface area contributed by atoms with E-state index in [2.05, 4.69) is 28.0 Å². The molecule has 3 aromatic carbocycles. The molecule has 0 bridgehead atoms. The molecule has 2 aliphatic heterocycles. The van der Waals surface area contributed by atoms with Gasteiger partial charge in [-0.15, -0.1) is 0 Å². The van der Waals surface area contributed by atoms with Crippen LogP contribution in [-0.2, 0) is 16.6 Å². The Morgan fingerprint density at radius 3 is 2.48 bits per heavy atom. The maximum Gasteiger partial charge on any atom is 0.243 e. The predicted octanol–water partition coefficient (Wildman–Crippen LogP) is 5.60. The van der Waals surface area contributed by atoms with Crippen molar-refractivity contribution < 1.29 is 18.3 Å². The van der Waals surface area contributed by atoms with Gasteiger partial charge in [-0.3, -0.25) is 0 Å². The van der Waals surface area contributed by atoms with Crippen molar-refractivity contribution in [3.63, 3.8) is 0 Å². The van der Waals surface area contributed by atoms with E-state index in [0.29, 0.717) is 17.4 Å². The number of aliphatic hydroxyl groups excluding tert-OH is 1. The van der Waals surface area contributed by atoms with E-state index in [1.54, 1.807) is 20.2 Å². The lowest BCUT2D eigenvalue weighted by atomic mass is 9.94. The van der Waals surface area contributed by atoms with E-state index >= 15 is 0 Å². The number of rotatable bonds is 11. The number of aliphatic hydroxyl groups is 1. The van der Waals surface area contributed by atoms with Crippen molar-refractivity contribution in [2.75, 3.05) is 51.8 Å². The van der Waals surface area contributed by atoms with Crippen LogP contribution in [0.5, 0.6) is 5.75 Å². The molecule has 7 nitrogen and oxygen atoms in total. The molecule has 5 rings (SSSR count). The summed E-state index contributed by atoms with van der Waals surface area (Å²) >= 11 is 1.51. The molecular formula is C31H39N3O4S2. The van der Waals surface area contributed by atoms with Crippen LogP contribution in [0.1, 0.15) is 31.2 Å². The zero-order valence-corrected chi connectivity index (χ0v) is 25.0. The van der Waals surface area contributed by atoms with Gasteiger partial charge in [0.2, 0.25) is 10.0 Å². The van der Waals surface area contributed by atoms with Crippen molar-refractivity contribution in [2.24, 2.45) is 5.92 Å². The second-order valence-electron chi connectivity index (χ2n) is 10.7. The molecule has 0 spiro atoms. The summed E-state index contributed by atoms with van der Waals surface area (Å²) in [6.07, 6.45) is 4.13. The normalized spacial score (nSPS) is 16.1. The van der Waals surface area contributed by atoms with Gasteiger partial charge in [-0.1, -0.05) is 48.2 Å². The molecule has 2 aliphatic rings. The molecule has 214 valence electrons. The summed E-state index contributed by atoms with van der Waals surface area (Å²) < 4.78 is 33.9. The predicted molar refractivity (Wildman–Crippen MR) is 161 cm³/mol. The number of nitrogens with zero attached hydrogens (tertiary/aromatic N) is 3. The Morgan fingerprint density at radius 1 is 0.975 bits per heavy atom. The highest BCUT2D eigenvalue weighted by atomic mass is 32.2. The first-order valence-electron chi connectivity index (χ1n) is 14.0. The quantitative estimate of drug-likeness (QED) is 0.316. The van der Waals surface area contributed by atoms with Crippen LogP contribution in [0.15, 0.2) is 81.4 Å². The summed E-state index contributed by atoms with van der Waals surface area (Å²) in [5.74, 6) is 1.42. The van der Waals surface area contributed by atoms with Gasteiger partial charge in [0.25, 0.3) is 0 Å². The molecule has 0 aromatic heterocycles. The van der Waals surface area contributed by atoms with Crippen LogP contribution >= 0.6 is 11.8 Å². The van der Waals surface area contributed by atoms with Crippen LogP contribution in [0.2, 0.25) is 0 Å². The van der Waals surface area contributed by atoms with Gasteiger partial charge in [-0.2, -0.15) is 0 Å². The smallest absolute Gasteiger partial charge is 0.243 e. The van der Waals surface area contributed by atoms with E-state index in [-0.39, 0.29) is 6.61 Å². The van der Waals surface area contributed by atoms with Gasteiger partial charge in [-0.05, 0) is 81.1 Å². The number of likely N-dealkylation sites (tertiary alicyclic amines) is 1. The summed E-state index contributed by atoms with van der Waals surface area (Å²) in [5.41, 5.74) is 3.07. The second-order valence-corrected chi connectivity index (χ2v) is 13.9. The van der Waals surface area contributed by atoms with Crippen LogP contribution < -0.4 is 9.64 Å². The number of hydrogen-bond acceptors (Lipinski definition) is 7. The summed E-state index contributed by atoms with van der Waals surface area (Å²) in [4.78, 5) is 6.91. The zero-order valence-electron chi connectivity index (χ0n) is 23.3. The van der Waals surface area contributed by atoms with Crippen LogP contribution in [0.4, 0.5) is 11.4 Å². The number of hydrogen-bond donors (Lipinski definition) is 1. The van der Waals surface area contributed by atoms with Crippen molar-refractivity contribution in [3.8, 4) is 5.75 Å². The number of fused-ring (bicyclic) bond motifs is 2. The summed E-state index contributed by atoms with van der Waals surface area (Å²) in [6, 6.07) is 21.8. The maximum absolute atomic E-state index is 13.2. The van der Waals surface area contributed by atoms with E-state index in [9.17, 15) is 13.5 Å². The molecular weight excluding hydrogens is 542 g/mol. The fourth-order valence-corrected chi connectivity index (χ4v) is 7.96. The Morgan fingerprint density at radius 2 is 1.75 bits per heavy atom. The monoisotopic (exact) mass is 581 g/mol. The molecule has 1 fully saturated rings. The van der Waals surface area contributed by atoms with E-state index < -0.39 is 10.0 Å². The highest BCUT2D eigenvalue weighted by Crippen LogP contribution is 2.51. The van der Waals surface area contributed by atoms with Crippen LogP contribution in [0.3, 0.4) is 0 Å². The lowest BCUT2D eigenvalue weighted by Gasteiger charge is -2.36. The fraction of sp³-hybridized carbons (Fsp3) is 0.419. The molecule has 2 heterocycles. The van der Waals surface area contributed by atoms with Crippen molar-refractivity contribution in [2.45, 2.75) is 47.0 Å². The number of sulfonamides is 1. The third-order valence-electron chi connectivity index (χ3n) is 7.79. The molecule has 1 N–H and O–H groups in total. The molecule has 40 heavy (non-hydrogen) atoms. The first kappa shape index (κ1) is 29.0. The Labute approximate surface area is 242 Å². The molecule has 0 atom stereocenters. The number of piperidine rings is 1. The van der Waals surface area contributed by atoms with E-state index in [4.69, 9.17) is 4.74 Å². The number of benzene rings is 3. The van der Waals surface area contributed by atoms with E-state index in [1.165, 1.54) is 16.1 Å². The van der Waals surface area contributed by atoms with Crippen molar-refractivity contribution >= 4 is 33.2 Å². The molecule has 1 saturated heterocycles. The van der Waals surface area contributed by atoms with Crippen LogP contribution in [0.25, 0.3) is 0 Å². The van der Waals surface area contributed by atoms with Gasteiger partial charge < -0.3 is 19.6 Å². The van der Waals surface area contributed by atoms with Gasteiger partial charge in [0.1, 0.15) is 12.4 Å². The average molecular weight is 582 g/mol. The van der Waals surface area contributed by atoms with Crippen molar-refractivity contribution in [1.82, 2.24) is 9.21 Å². The number of anilines is 2. The van der Waals surface area contributed by atoms with Crippen LogP contribution in [-0.4, -0.2) is 69.6 Å². The summed E-state index contributed by atoms with van der Waals surface area (Å²) in [6.45, 7) is 4.65. The minimum absolute atomic E-state index is 0.277. The lowest BCUT2D eigenvalue weighted by molar-refractivity contribution is 0.158. The molecule has 0 unspecified atom stereocenters. The topological polar surface area (TPSA) is 73.3 Å². The molecule has 0 amide bonds. The van der Waals surface area contributed by atoms with Gasteiger partial charge in [0.05, 0.1) is 21.2 Å². The minimum atomic E-state index is -3.60. The third kappa shape index (κ3) is 6.50. The molecule has 0 saturated carbocycles. The zero-order chi connectivity index (χ0) is 28.1. The van der Waals surface area contributed by atoms with E-state index in [1.807, 2.05) is 42.5 Å². The van der Waals surface area contributed by atoms with Gasteiger partial charge in [0.15, 0.2) is 0 Å². The molecule has 9 heteroatoms. The SMILES string of the molecule is CN(C)S(=O)(=O)c1cccc2c1Sc1ccc(OCc3ccccc3)cc1N2CCCN1CCC(CCO)CC1. The van der Waals surface area contributed by atoms with Crippen molar-refractivity contribution in [3.05, 3.63) is 72.3 Å². The fourth-order valence-electron chi connectivity index (χ4n) is 5.46. The Hall–Kier alpha value is -2.56. The lowest BCUT2D eigenvalue weighted by Crippen LogP contribution is -2.36. The minimum Gasteiger partial charge on any atom is -0.489 e. The molecule has 3 aromatic rings. The van der Waals surface area contributed by atoms with Crippen LogP contribution in [0, 0.1) is 5.92 Å². The second kappa shape index (κ2) is 13.0. The standard InChI is InChI=1S/C31H39N3O4S2/c1-32(2)40(36,37)30-11-6-10-27-31(30)39-29-13-12-26(38-23-25-8-4-3-5-9-25)22-28(29)34(27)18-7-17-33-19-14-24(15-20-33)16-21-35/h3-6,8-13,22,24,35H,7,14-21,23H2,1-2H3. The molecule has 0 radical (unpaired) electrons. The largest absolute Gasteiger partial charge is 0.489 e. The maximum atomic E-state index is 13.2. The number of ether oxygens (including phenoxy) is 1. The summed E-state index contributed by atoms with van der Waals surface area (Å²) in [5, 5.41) is 9.27. The van der Waals surface area contributed by atoms with Gasteiger partial charge >= 0.3 is 0 Å². The molecule has 0 aliphatic carbocycles. The van der Waals surface area contributed by atoms with Gasteiger partial charge in [0, 0.05) is 38.2 Å². The Bertz CT molecular complexity index is 1390. The first-order chi connectivity index (χ1) is 19.4.